The number of ether oxygens (including phenoxy) is 2. The Labute approximate surface area is 470 Å². The number of rotatable bonds is 17. The first-order valence-corrected chi connectivity index (χ1v) is 27.3. The van der Waals surface area contributed by atoms with Gasteiger partial charge in [-0.05, 0) is 105 Å². The maximum absolute atomic E-state index is 13.7. The van der Waals surface area contributed by atoms with Crippen molar-refractivity contribution in [2.75, 3.05) is 26.2 Å². The van der Waals surface area contributed by atoms with E-state index in [0.29, 0.717) is 43.9 Å². The number of halogens is 3. The highest BCUT2D eigenvalue weighted by Gasteiger charge is 2.65. The van der Waals surface area contributed by atoms with Crippen molar-refractivity contribution in [3.63, 3.8) is 0 Å². The summed E-state index contributed by atoms with van der Waals surface area (Å²) in [5, 5.41) is 32.2. The van der Waals surface area contributed by atoms with Crippen molar-refractivity contribution in [1.29, 1.82) is 0 Å². The molecule has 17 nitrogen and oxygen atoms in total. The number of aliphatic hydroxyl groups is 1. The van der Waals surface area contributed by atoms with Gasteiger partial charge < -0.3 is 29.7 Å². The summed E-state index contributed by atoms with van der Waals surface area (Å²) in [6.07, 6.45) is -2.91. The van der Waals surface area contributed by atoms with Crippen LogP contribution in [0.5, 0.6) is 11.5 Å². The van der Waals surface area contributed by atoms with Crippen LogP contribution in [0.2, 0.25) is 0 Å². The average molecular weight is 1120 g/mol. The lowest BCUT2D eigenvalue weighted by Crippen LogP contribution is -2.46. The molecule has 82 heavy (non-hydrogen) atoms. The van der Waals surface area contributed by atoms with Crippen molar-refractivity contribution in [2.45, 2.75) is 83.4 Å². The number of β-amino-alcohol motifs (C(OH)–C–C–N with tert-alkyl or cyclic N) is 1. The van der Waals surface area contributed by atoms with Crippen LogP contribution in [0.4, 0.5) is 13.2 Å². The molecule has 2 aromatic heterocycles. The molecule has 426 valence electrons. The van der Waals surface area contributed by atoms with Gasteiger partial charge in [-0.3, -0.25) is 39.4 Å². The molecule has 7 aromatic rings. The van der Waals surface area contributed by atoms with E-state index in [9.17, 15) is 47.5 Å². The number of likely N-dealkylation sites (tertiary alicyclic amines) is 2. The van der Waals surface area contributed by atoms with Crippen LogP contribution < -0.4 is 25.8 Å². The summed E-state index contributed by atoms with van der Waals surface area (Å²) in [5.41, 5.74) is 9.61. The molecule has 4 fully saturated rings. The van der Waals surface area contributed by atoms with Gasteiger partial charge >= 0.3 is 12.1 Å². The fourth-order valence-corrected chi connectivity index (χ4v) is 11.5. The van der Waals surface area contributed by atoms with E-state index in [2.05, 4.69) is 18.0 Å². The molecule has 5 aromatic carbocycles. The molecule has 0 unspecified atom stereocenters. The van der Waals surface area contributed by atoms with Crippen molar-refractivity contribution in [3.8, 4) is 22.8 Å². The molecular weight excluding hydrogens is 1060 g/mol. The number of nitrogens with one attached hydrogen (secondary N) is 3. The van der Waals surface area contributed by atoms with E-state index in [1.807, 2.05) is 115 Å². The molecule has 20 heteroatoms. The smallest absolute Gasteiger partial charge is 0.471 e. The lowest BCUT2D eigenvalue weighted by molar-refractivity contribution is -0.174. The van der Waals surface area contributed by atoms with Gasteiger partial charge in [0.15, 0.2) is 0 Å². The number of benzene rings is 5. The second-order valence-electron chi connectivity index (χ2n) is 21.6. The van der Waals surface area contributed by atoms with Crippen LogP contribution in [0, 0.1) is 22.7 Å². The molecule has 11 rings (SSSR count). The van der Waals surface area contributed by atoms with Gasteiger partial charge in [-0.25, -0.2) is 15.9 Å². The van der Waals surface area contributed by atoms with E-state index in [0.717, 1.165) is 67.4 Å². The predicted octanol–water partition coefficient (Wildman–Crippen LogP) is 7.84. The zero-order chi connectivity index (χ0) is 57.8. The Kier molecular flexibility index (Phi) is 16.6. The van der Waals surface area contributed by atoms with Crippen LogP contribution in [-0.2, 0) is 56.4 Å². The number of amides is 5. The number of aliphatic hydroxyl groups excluding tert-OH is 1. The number of aryl methyl sites for hydroxylation is 1. The van der Waals surface area contributed by atoms with Gasteiger partial charge in [-0.15, -0.1) is 0 Å². The Hall–Kier alpha value is -8.46. The first kappa shape index (κ1) is 56.8. The molecule has 2 saturated heterocycles. The third kappa shape index (κ3) is 12.4. The van der Waals surface area contributed by atoms with E-state index < -0.39 is 64.6 Å². The number of hydrogen-bond acceptors (Lipinski definition) is 12. The average Bonchev–Trinajstić information content (AvgIpc) is 4.47. The van der Waals surface area contributed by atoms with E-state index in [1.54, 1.807) is 40.1 Å². The number of alkyl halides is 3. The summed E-state index contributed by atoms with van der Waals surface area (Å²) < 4.78 is 50.4. The summed E-state index contributed by atoms with van der Waals surface area (Å²) in [6, 6.07) is 43.7. The number of hydroxylamine groups is 2. The molecule has 2 saturated carbocycles. The van der Waals surface area contributed by atoms with Crippen molar-refractivity contribution in [2.24, 2.45) is 22.7 Å². The molecule has 5 amide bonds. The normalized spacial score (nSPS) is 21.7. The van der Waals surface area contributed by atoms with Gasteiger partial charge in [-0.2, -0.15) is 13.2 Å². The number of para-hydroxylation sites is 2. The van der Waals surface area contributed by atoms with Gasteiger partial charge in [-0.1, -0.05) is 97.9 Å². The van der Waals surface area contributed by atoms with Crippen LogP contribution in [0.25, 0.3) is 33.1 Å². The molecule has 6 N–H and O–H groups in total. The fraction of sp³-hybridized carbons (Fsp3) is 0.339. The first-order valence-electron chi connectivity index (χ1n) is 27.3. The predicted molar refractivity (Wildman–Crippen MR) is 295 cm³/mol. The van der Waals surface area contributed by atoms with Gasteiger partial charge in [0, 0.05) is 65.4 Å². The second-order valence-corrected chi connectivity index (χ2v) is 21.6. The Morgan fingerprint density at radius 2 is 1.12 bits per heavy atom. The minimum absolute atomic E-state index is 0.0989. The topological polar surface area (TPSA) is 233 Å². The highest BCUT2D eigenvalue weighted by atomic mass is 19.4. The van der Waals surface area contributed by atoms with E-state index >= 15 is 0 Å². The zero-order valence-corrected chi connectivity index (χ0v) is 44.9. The van der Waals surface area contributed by atoms with Crippen LogP contribution in [0.1, 0.15) is 60.6 Å². The number of carbonyl (C=O) groups is 5. The van der Waals surface area contributed by atoms with Crippen LogP contribution in [0.15, 0.2) is 140 Å². The third-order valence-corrected chi connectivity index (χ3v) is 16.1. The van der Waals surface area contributed by atoms with Crippen molar-refractivity contribution >= 4 is 51.3 Å². The van der Waals surface area contributed by atoms with Crippen LogP contribution in [-0.4, -0.2) is 109 Å². The van der Waals surface area contributed by atoms with Crippen molar-refractivity contribution in [3.05, 3.63) is 167 Å². The zero-order valence-electron chi connectivity index (χ0n) is 44.9. The molecular formula is C62H62F3N7O10. The quantitative estimate of drug-likeness (QED) is 0.0378. The van der Waals surface area contributed by atoms with Crippen LogP contribution >= 0.6 is 0 Å². The van der Waals surface area contributed by atoms with Gasteiger partial charge in [0.2, 0.25) is 23.6 Å². The second kappa shape index (κ2) is 23.9. The largest absolute Gasteiger partial charge is 0.489 e. The molecule has 0 radical (unpaired) electrons. The number of nitrogens with zero attached hydrogens (tertiary/aromatic N) is 4. The van der Waals surface area contributed by atoms with Gasteiger partial charge in [0.05, 0.1) is 45.5 Å². The molecule has 2 aliphatic carbocycles. The summed E-state index contributed by atoms with van der Waals surface area (Å²) in [4.78, 5) is 75.4. The monoisotopic (exact) mass is 1120 g/mol. The summed E-state index contributed by atoms with van der Waals surface area (Å²) in [6.45, 7) is 3.57. The molecule has 4 aliphatic rings. The molecule has 6 atom stereocenters. The highest BCUT2D eigenvalue weighted by Crippen LogP contribution is 2.57. The van der Waals surface area contributed by atoms with Gasteiger partial charge in [0.1, 0.15) is 24.7 Å². The lowest BCUT2D eigenvalue weighted by atomic mass is 9.92. The minimum atomic E-state index is -5.02. The van der Waals surface area contributed by atoms with E-state index in [-0.39, 0.29) is 51.4 Å². The number of fused-ring (bicyclic) bond motifs is 2. The maximum atomic E-state index is 13.7. The van der Waals surface area contributed by atoms with Crippen molar-refractivity contribution in [1.82, 2.24) is 36.0 Å². The Morgan fingerprint density at radius 3 is 1.62 bits per heavy atom. The van der Waals surface area contributed by atoms with E-state index in [1.165, 1.54) is 4.90 Å². The molecule has 2 aliphatic heterocycles. The standard InChI is InChI=1S/C34H31F3N4O5.C28H31N3O5/c35-34(36,37)31(43)38-24-14-15-41(19-24)32(44)33(18-27(33)30(42)40-45)17-21-10-12-25(13-11-21)46-20-23-16-29(22-6-2-1-3-7-22)39-28-9-5-4-8-26(23)28;1-2-20-13-19(23-5-3-4-6-25(23)29-20)17-36-22-9-7-18(8-10-22)14-28(15-24(28)26(33)30-35)27(34)31-12-11-21(32)16-31/h1-13,16,24,27,45H,14-15,17-20H2,(H,38,43)(H,40,42);3-10,13,21,24,32,35H,2,11-12,14-17H2,1H3,(H,30,33)/t24-,27+,33-;21-,24+,28-/m00/s1. The van der Waals surface area contributed by atoms with Crippen molar-refractivity contribution < 1.29 is 62.1 Å². The summed E-state index contributed by atoms with van der Waals surface area (Å²) in [5.74, 6) is -3.92. The van der Waals surface area contributed by atoms with E-state index in [4.69, 9.17) is 19.7 Å². The highest BCUT2D eigenvalue weighted by molar-refractivity contribution is 5.97. The summed E-state index contributed by atoms with van der Waals surface area (Å²) >= 11 is 0. The fourth-order valence-electron chi connectivity index (χ4n) is 11.5. The molecule has 0 bridgehead atoms. The third-order valence-electron chi connectivity index (χ3n) is 16.1. The maximum Gasteiger partial charge on any atom is 0.471 e. The first-order chi connectivity index (χ1) is 39.5. The summed E-state index contributed by atoms with van der Waals surface area (Å²) in [7, 11) is 0. The molecule has 4 heterocycles. The Morgan fingerprint density at radius 1 is 0.634 bits per heavy atom. The minimum Gasteiger partial charge on any atom is -0.489 e. The SMILES string of the molecule is CCc1cc(COc2ccc(C[C@]3(C(=O)N4CC[C@H](O)C4)C[C@@H]3C(=O)NO)cc2)c2ccccc2n1.O=C(NO)[C@H]1C[C@]1(Cc1ccc(OCc2cc(-c3ccccc3)nc3ccccc23)cc1)C(=O)N1CC[C@H](NC(=O)C(F)(F)F)C1. The lowest BCUT2D eigenvalue weighted by Gasteiger charge is -2.25. The number of hydrogen-bond donors (Lipinski definition) is 6. The van der Waals surface area contributed by atoms with Gasteiger partial charge in [0.25, 0.3) is 0 Å². The number of pyridine rings is 2. The Bertz CT molecular complexity index is 3500. The van der Waals surface area contributed by atoms with Crippen LogP contribution in [0.3, 0.4) is 0 Å². The number of aromatic nitrogens is 2. The Balaban J connectivity index is 0.000000189. The molecule has 0 spiro atoms. The number of carbonyl (C=O) groups excluding carboxylic acids is 5.